The van der Waals surface area contributed by atoms with Crippen molar-refractivity contribution < 1.29 is 14.7 Å². The lowest BCUT2D eigenvalue weighted by Crippen LogP contribution is -2.28. The average molecular weight is 262 g/mol. The molecule has 1 aliphatic heterocycles. The molecule has 5 nitrogen and oxygen atoms in total. The van der Waals surface area contributed by atoms with Gasteiger partial charge >= 0.3 is 5.97 Å². The van der Waals surface area contributed by atoms with Gasteiger partial charge in [0.25, 0.3) is 0 Å². The molecule has 1 aromatic rings. The standard InChI is InChI=1S/C14H18N2O3/c1-9-7-15-8-11(9)14(19)16-12-5-3-2-4-10(12)6-13(17)18/h2-5,9,11,15H,6-8H2,1H3,(H,16,19)(H,17,18)/t9-,11-/m1/s1. The van der Waals surface area contributed by atoms with E-state index < -0.39 is 5.97 Å². The molecule has 0 aromatic heterocycles. The van der Waals surface area contributed by atoms with Crippen LogP contribution in [0.3, 0.4) is 0 Å². The second-order valence-electron chi connectivity index (χ2n) is 4.96. The molecule has 0 saturated carbocycles. The maximum Gasteiger partial charge on any atom is 0.307 e. The van der Waals surface area contributed by atoms with Crippen molar-refractivity contribution in [3.8, 4) is 0 Å². The van der Waals surface area contributed by atoms with Gasteiger partial charge in [-0.1, -0.05) is 25.1 Å². The van der Waals surface area contributed by atoms with Crippen LogP contribution in [0.25, 0.3) is 0 Å². The van der Waals surface area contributed by atoms with Crippen LogP contribution in [0.2, 0.25) is 0 Å². The van der Waals surface area contributed by atoms with Gasteiger partial charge in [-0.15, -0.1) is 0 Å². The summed E-state index contributed by atoms with van der Waals surface area (Å²) in [6.45, 7) is 3.55. The van der Waals surface area contributed by atoms with Gasteiger partial charge in [0.2, 0.25) is 5.91 Å². The lowest BCUT2D eigenvalue weighted by Gasteiger charge is -2.16. The molecule has 19 heavy (non-hydrogen) atoms. The first-order valence-electron chi connectivity index (χ1n) is 6.39. The van der Waals surface area contributed by atoms with E-state index in [1.165, 1.54) is 0 Å². The van der Waals surface area contributed by atoms with Crippen molar-refractivity contribution in [2.75, 3.05) is 18.4 Å². The summed E-state index contributed by atoms with van der Waals surface area (Å²) in [6.07, 6.45) is -0.0884. The lowest BCUT2D eigenvalue weighted by atomic mass is 9.97. The summed E-state index contributed by atoms with van der Waals surface area (Å²) in [4.78, 5) is 23.0. The third kappa shape index (κ3) is 3.32. The van der Waals surface area contributed by atoms with Gasteiger partial charge in [-0.25, -0.2) is 0 Å². The van der Waals surface area contributed by atoms with E-state index in [0.29, 0.717) is 23.7 Å². The van der Waals surface area contributed by atoms with Crippen LogP contribution in [0.1, 0.15) is 12.5 Å². The third-order valence-electron chi connectivity index (χ3n) is 3.47. The summed E-state index contributed by atoms with van der Waals surface area (Å²) >= 11 is 0. The predicted molar refractivity (Wildman–Crippen MR) is 71.9 cm³/mol. The SMILES string of the molecule is C[C@@H]1CNC[C@H]1C(=O)Nc1ccccc1CC(=O)O. The number of carbonyl (C=O) groups is 2. The monoisotopic (exact) mass is 262 g/mol. The molecule has 0 bridgehead atoms. The normalized spacial score (nSPS) is 22.2. The first-order valence-corrected chi connectivity index (χ1v) is 6.39. The third-order valence-corrected chi connectivity index (χ3v) is 3.47. The van der Waals surface area contributed by atoms with Crippen molar-refractivity contribution >= 4 is 17.6 Å². The first-order chi connectivity index (χ1) is 9.08. The Kier molecular flexibility index (Phi) is 4.16. The van der Waals surface area contributed by atoms with Gasteiger partial charge in [0, 0.05) is 12.2 Å². The average Bonchev–Trinajstić information content (AvgIpc) is 2.77. The van der Waals surface area contributed by atoms with Crippen LogP contribution in [-0.4, -0.2) is 30.1 Å². The number of nitrogens with one attached hydrogen (secondary N) is 2. The zero-order chi connectivity index (χ0) is 13.8. The Morgan fingerprint density at radius 2 is 2.11 bits per heavy atom. The summed E-state index contributed by atoms with van der Waals surface area (Å²) in [5, 5.41) is 14.9. The van der Waals surface area contributed by atoms with Gasteiger partial charge < -0.3 is 15.7 Å². The van der Waals surface area contributed by atoms with E-state index in [1.54, 1.807) is 24.3 Å². The number of carboxylic acids is 1. The molecule has 0 unspecified atom stereocenters. The highest BCUT2D eigenvalue weighted by Gasteiger charge is 2.29. The number of amides is 1. The number of aliphatic carboxylic acids is 1. The Hall–Kier alpha value is -1.88. The largest absolute Gasteiger partial charge is 0.481 e. The fraction of sp³-hybridized carbons (Fsp3) is 0.429. The van der Waals surface area contributed by atoms with Crippen LogP contribution < -0.4 is 10.6 Å². The Labute approximate surface area is 112 Å². The molecule has 0 radical (unpaired) electrons. The molecule has 1 aliphatic rings. The highest BCUT2D eigenvalue weighted by molar-refractivity contribution is 5.94. The van der Waals surface area contributed by atoms with E-state index in [0.717, 1.165) is 6.54 Å². The van der Waals surface area contributed by atoms with Gasteiger partial charge in [0.05, 0.1) is 12.3 Å². The fourth-order valence-electron chi connectivity index (χ4n) is 2.35. The number of benzene rings is 1. The van der Waals surface area contributed by atoms with Crippen LogP contribution >= 0.6 is 0 Å². The number of rotatable bonds is 4. The van der Waals surface area contributed by atoms with Crippen LogP contribution in [-0.2, 0) is 16.0 Å². The molecule has 1 heterocycles. The maximum absolute atomic E-state index is 12.2. The molecular weight excluding hydrogens is 244 g/mol. The second-order valence-corrected chi connectivity index (χ2v) is 4.96. The molecule has 102 valence electrons. The number of para-hydroxylation sites is 1. The van der Waals surface area contributed by atoms with Crippen molar-refractivity contribution in [1.82, 2.24) is 5.32 Å². The van der Waals surface area contributed by atoms with E-state index in [9.17, 15) is 9.59 Å². The van der Waals surface area contributed by atoms with Gasteiger partial charge in [0.15, 0.2) is 0 Å². The van der Waals surface area contributed by atoms with Crippen molar-refractivity contribution in [2.45, 2.75) is 13.3 Å². The van der Waals surface area contributed by atoms with Crippen LogP contribution in [0.4, 0.5) is 5.69 Å². The summed E-state index contributed by atoms with van der Waals surface area (Å²) in [5.74, 6) is -0.711. The molecule has 1 aromatic carbocycles. The zero-order valence-electron chi connectivity index (χ0n) is 10.8. The summed E-state index contributed by atoms with van der Waals surface area (Å²) < 4.78 is 0. The predicted octanol–water partition coefficient (Wildman–Crippen LogP) is 1.11. The minimum Gasteiger partial charge on any atom is -0.481 e. The zero-order valence-corrected chi connectivity index (χ0v) is 10.8. The number of hydrogen-bond donors (Lipinski definition) is 3. The Morgan fingerprint density at radius 1 is 1.37 bits per heavy atom. The Bertz CT molecular complexity index is 487. The second kappa shape index (κ2) is 5.84. The van der Waals surface area contributed by atoms with Crippen molar-refractivity contribution in [2.24, 2.45) is 11.8 Å². The molecular formula is C14H18N2O3. The summed E-state index contributed by atoms with van der Waals surface area (Å²) in [6, 6.07) is 7.02. The molecule has 2 atom stereocenters. The quantitative estimate of drug-likeness (QED) is 0.759. The van der Waals surface area contributed by atoms with E-state index in [-0.39, 0.29) is 18.2 Å². The molecule has 1 saturated heterocycles. The van der Waals surface area contributed by atoms with Crippen molar-refractivity contribution in [1.29, 1.82) is 0 Å². The van der Waals surface area contributed by atoms with E-state index in [2.05, 4.69) is 10.6 Å². The van der Waals surface area contributed by atoms with E-state index in [1.807, 2.05) is 6.92 Å². The van der Waals surface area contributed by atoms with Crippen LogP contribution in [0.15, 0.2) is 24.3 Å². The van der Waals surface area contributed by atoms with Gasteiger partial charge in [0.1, 0.15) is 0 Å². The van der Waals surface area contributed by atoms with Gasteiger partial charge in [-0.2, -0.15) is 0 Å². The van der Waals surface area contributed by atoms with E-state index in [4.69, 9.17) is 5.11 Å². The molecule has 5 heteroatoms. The number of hydrogen-bond acceptors (Lipinski definition) is 3. The molecule has 2 rings (SSSR count). The van der Waals surface area contributed by atoms with Crippen LogP contribution in [0.5, 0.6) is 0 Å². The van der Waals surface area contributed by atoms with Gasteiger partial charge in [-0.05, 0) is 24.1 Å². The summed E-state index contributed by atoms with van der Waals surface area (Å²) in [7, 11) is 0. The Morgan fingerprint density at radius 3 is 2.74 bits per heavy atom. The van der Waals surface area contributed by atoms with Crippen molar-refractivity contribution in [3.63, 3.8) is 0 Å². The van der Waals surface area contributed by atoms with Crippen LogP contribution in [0, 0.1) is 11.8 Å². The highest BCUT2D eigenvalue weighted by Crippen LogP contribution is 2.21. The molecule has 3 N–H and O–H groups in total. The topological polar surface area (TPSA) is 78.4 Å². The number of carbonyl (C=O) groups excluding carboxylic acids is 1. The maximum atomic E-state index is 12.2. The van der Waals surface area contributed by atoms with Gasteiger partial charge in [-0.3, -0.25) is 9.59 Å². The number of anilines is 1. The molecule has 0 aliphatic carbocycles. The first kappa shape index (κ1) is 13.5. The summed E-state index contributed by atoms with van der Waals surface area (Å²) in [5.41, 5.74) is 1.22. The lowest BCUT2D eigenvalue weighted by molar-refractivity contribution is -0.136. The molecule has 1 fully saturated rings. The minimum absolute atomic E-state index is 0.0460. The van der Waals surface area contributed by atoms with Crippen molar-refractivity contribution in [3.05, 3.63) is 29.8 Å². The Balaban J connectivity index is 2.10. The molecule has 0 spiro atoms. The van der Waals surface area contributed by atoms with E-state index >= 15 is 0 Å². The highest BCUT2D eigenvalue weighted by atomic mass is 16.4. The smallest absolute Gasteiger partial charge is 0.307 e. The number of carboxylic acid groups (broad SMARTS) is 1. The fourth-order valence-corrected chi connectivity index (χ4v) is 2.35. The minimum atomic E-state index is -0.905. The molecule has 1 amide bonds.